The highest BCUT2D eigenvalue weighted by molar-refractivity contribution is 5.92. The van der Waals surface area contributed by atoms with Crippen molar-refractivity contribution in [3.8, 4) is 0 Å². The maximum atomic E-state index is 14.0. The summed E-state index contributed by atoms with van der Waals surface area (Å²) in [5, 5.41) is 7.62. The number of likely N-dealkylation sites (tertiary alicyclic amines) is 1. The Morgan fingerprint density at radius 2 is 1.56 bits per heavy atom. The Kier molecular flexibility index (Phi) is 11.2. The van der Waals surface area contributed by atoms with Crippen LogP contribution in [-0.4, -0.2) is 120 Å². The van der Waals surface area contributed by atoms with Crippen molar-refractivity contribution in [2.24, 2.45) is 0 Å². The number of carbonyl (C=O) groups excluding carboxylic acids is 3. The van der Waals surface area contributed by atoms with Gasteiger partial charge in [0.05, 0.1) is 0 Å². The number of aryl methyl sites for hydroxylation is 2. The molecule has 0 radical (unpaired) electrons. The lowest BCUT2D eigenvalue weighted by molar-refractivity contribution is -0.138. The normalized spacial score (nSPS) is 21.0. The Labute approximate surface area is 285 Å². The minimum atomic E-state index is -0.723. The largest absolute Gasteiger partial charge is 0.426 e. The number of piperazine rings is 1. The number of hydroxylamine groups is 2. The zero-order valence-corrected chi connectivity index (χ0v) is 29.0. The number of hydrogen-bond donors (Lipinski definition) is 2. The summed E-state index contributed by atoms with van der Waals surface area (Å²) in [5.41, 5.74) is 5.60. The topological polar surface area (TPSA) is 101 Å². The molecule has 2 aromatic rings. The fourth-order valence-corrected chi connectivity index (χ4v) is 7.85. The van der Waals surface area contributed by atoms with Crippen molar-refractivity contribution >= 4 is 23.7 Å². The maximum absolute atomic E-state index is 14.0. The number of rotatable bonds is 9. The summed E-state index contributed by atoms with van der Waals surface area (Å²) in [6.07, 6.45) is 5.41. The molecule has 0 aromatic heterocycles. The van der Waals surface area contributed by atoms with Crippen LogP contribution in [0.3, 0.4) is 0 Å². The molecule has 6 rings (SSSR count). The zero-order valence-electron chi connectivity index (χ0n) is 29.0. The third kappa shape index (κ3) is 8.13. The third-order valence-electron chi connectivity index (χ3n) is 10.8. The number of piperidine rings is 2. The molecule has 0 bridgehead atoms. The van der Waals surface area contributed by atoms with Gasteiger partial charge in [0, 0.05) is 70.0 Å². The molecule has 0 aliphatic carbocycles. The van der Waals surface area contributed by atoms with E-state index in [0.29, 0.717) is 58.0 Å². The van der Waals surface area contributed by atoms with Gasteiger partial charge in [0.25, 0.3) is 0 Å². The lowest BCUT2D eigenvalue weighted by Gasteiger charge is -2.42. The van der Waals surface area contributed by atoms with Crippen LogP contribution >= 0.6 is 0 Å². The summed E-state index contributed by atoms with van der Waals surface area (Å²) in [5.74, 6) is -0.0531. The molecule has 2 N–H and O–H groups in total. The maximum Gasteiger partial charge on any atom is 0.426 e. The molecule has 48 heavy (non-hydrogen) atoms. The van der Waals surface area contributed by atoms with Crippen LogP contribution in [0.4, 0.5) is 15.3 Å². The van der Waals surface area contributed by atoms with Crippen molar-refractivity contribution in [2.75, 3.05) is 64.7 Å². The molecule has 11 heteroatoms. The molecule has 4 aliphatic heterocycles. The van der Waals surface area contributed by atoms with Gasteiger partial charge < -0.3 is 30.2 Å². The number of hydrogen-bond acceptors (Lipinski definition) is 7. The highest BCUT2D eigenvalue weighted by Crippen LogP contribution is 2.28. The predicted octanol–water partition coefficient (Wildman–Crippen LogP) is 4.11. The molecule has 4 heterocycles. The van der Waals surface area contributed by atoms with E-state index < -0.39 is 12.1 Å². The monoisotopic (exact) mass is 659 g/mol. The summed E-state index contributed by atoms with van der Waals surface area (Å²) in [6.45, 7) is 11.2. The number of nitrogens with zero attached hydrogens (tertiary/aromatic N) is 5. The minimum Gasteiger partial charge on any atom is -0.351 e. The van der Waals surface area contributed by atoms with Crippen molar-refractivity contribution in [3.63, 3.8) is 0 Å². The molecule has 3 saturated heterocycles. The molecule has 1 unspecified atom stereocenters. The summed E-state index contributed by atoms with van der Waals surface area (Å²) in [6, 6.07) is 14.1. The van der Waals surface area contributed by atoms with E-state index in [4.69, 9.17) is 4.84 Å². The molecule has 0 spiro atoms. The molecule has 1 atom stereocenters. The highest BCUT2D eigenvalue weighted by atomic mass is 16.7. The highest BCUT2D eigenvalue weighted by Gasteiger charge is 2.35. The number of fused-ring (bicyclic) bond motifs is 1. The number of carbonyl (C=O) groups is 3. The average Bonchev–Trinajstić information content (AvgIpc) is 3.11. The molecule has 3 fully saturated rings. The van der Waals surface area contributed by atoms with Gasteiger partial charge >= 0.3 is 12.1 Å². The predicted molar refractivity (Wildman–Crippen MR) is 187 cm³/mol. The van der Waals surface area contributed by atoms with E-state index in [1.165, 1.54) is 24.0 Å². The van der Waals surface area contributed by atoms with Crippen LogP contribution in [-0.2, 0) is 35.4 Å². The first-order valence-electron chi connectivity index (χ1n) is 18.0. The van der Waals surface area contributed by atoms with Crippen LogP contribution in [0.15, 0.2) is 42.5 Å². The number of urea groups is 1. The van der Waals surface area contributed by atoms with Crippen molar-refractivity contribution in [1.82, 2.24) is 30.0 Å². The van der Waals surface area contributed by atoms with E-state index in [0.717, 1.165) is 55.8 Å². The van der Waals surface area contributed by atoms with E-state index in [1.54, 1.807) is 5.06 Å². The third-order valence-corrected chi connectivity index (χ3v) is 10.8. The Bertz CT molecular complexity index is 1430. The molecule has 0 saturated carbocycles. The summed E-state index contributed by atoms with van der Waals surface area (Å²) in [4.78, 5) is 54.7. The molecule has 11 nitrogen and oxygen atoms in total. The lowest BCUT2D eigenvalue weighted by Crippen LogP contribution is -2.58. The second-order valence-electron chi connectivity index (χ2n) is 13.9. The van der Waals surface area contributed by atoms with E-state index in [9.17, 15) is 14.4 Å². The van der Waals surface area contributed by atoms with Crippen molar-refractivity contribution in [3.05, 3.63) is 64.7 Å². The van der Waals surface area contributed by atoms with Gasteiger partial charge in [-0.15, -0.1) is 5.06 Å². The van der Waals surface area contributed by atoms with Gasteiger partial charge in [-0.3, -0.25) is 9.69 Å². The molecule has 260 valence electrons. The van der Waals surface area contributed by atoms with E-state index >= 15 is 0 Å². The second kappa shape index (κ2) is 15.7. The van der Waals surface area contributed by atoms with E-state index in [2.05, 4.69) is 59.5 Å². The minimum absolute atomic E-state index is 0.0531. The van der Waals surface area contributed by atoms with Crippen LogP contribution in [0, 0.1) is 0 Å². The summed E-state index contributed by atoms with van der Waals surface area (Å²) < 4.78 is 0. The van der Waals surface area contributed by atoms with Gasteiger partial charge in [-0.2, -0.15) is 0 Å². The van der Waals surface area contributed by atoms with Gasteiger partial charge in [0.1, 0.15) is 6.04 Å². The van der Waals surface area contributed by atoms with E-state index in [-0.39, 0.29) is 18.0 Å². The first-order chi connectivity index (χ1) is 23.3. The standard InChI is InChI=1S/C37H53N7O4/c1-4-28-11-10-27(24-29(28)5-2)25-34(35(45)42-22-20-41(21-23-42)31-12-16-40(3)17-13-31)39-37(47)48-43-18-14-32(15-19-43)44-26-30-8-6-7-9-33(30)38-36(44)46/h6-11,24,31-32,34H,4-5,12-23,25-26H2,1-3H3,(H,38,46)(H,39,47). The van der Waals surface area contributed by atoms with Crippen LogP contribution in [0.2, 0.25) is 0 Å². The van der Waals surface area contributed by atoms with Gasteiger partial charge in [-0.1, -0.05) is 50.2 Å². The Hall–Kier alpha value is -3.67. The first-order valence-corrected chi connectivity index (χ1v) is 18.0. The molecule has 4 amide bonds. The van der Waals surface area contributed by atoms with Gasteiger partial charge in [-0.05, 0) is 87.0 Å². The average molecular weight is 660 g/mol. The smallest absolute Gasteiger partial charge is 0.351 e. The molecule has 2 aromatic carbocycles. The number of benzene rings is 2. The quantitative estimate of drug-likeness (QED) is 0.418. The van der Waals surface area contributed by atoms with Gasteiger partial charge in [0.2, 0.25) is 5.91 Å². The number of nitrogens with one attached hydrogen (secondary N) is 2. The molecular formula is C37H53N7O4. The summed E-state index contributed by atoms with van der Waals surface area (Å²) in [7, 11) is 2.18. The fourth-order valence-electron chi connectivity index (χ4n) is 7.85. The SMILES string of the molecule is CCc1ccc(CC(NC(=O)ON2CCC(N3Cc4ccccc4NC3=O)CC2)C(=O)N2CCN(C3CCN(C)CC3)CC2)cc1CC. The van der Waals surface area contributed by atoms with E-state index in [1.807, 2.05) is 34.1 Å². The zero-order chi connectivity index (χ0) is 33.6. The van der Waals surface area contributed by atoms with Gasteiger partial charge in [-0.25, -0.2) is 9.59 Å². The Balaban J connectivity index is 1.06. The Morgan fingerprint density at radius 3 is 2.27 bits per heavy atom. The van der Waals surface area contributed by atoms with Crippen LogP contribution in [0.1, 0.15) is 61.8 Å². The molecule has 4 aliphatic rings. The van der Waals surface area contributed by atoms with Crippen molar-refractivity contribution in [2.45, 2.75) is 83.5 Å². The van der Waals surface area contributed by atoms with Crippen LogP contribution in [0.25, 0.3) is 0 Å². The second-order valence-corrected chi connectivity index (χ2v) is 13.9. The van der Waals surface area contributed by atoms with Crippen LogP contribution in [0.5, 0.6) is 0 Å². The fraction of sp³-hybridized carbons (Fsp3) is 0.595. The molecular weight excluding hydrogens is 606 g/mol. The van der Waals surface area contributed by atoms with Crippen molar-refractivity contribution < 1.29 is 19.2 Å². The number of para-hydroxylation sites is 1. The number of amides is 4. The first kappa shape index (κ1) is 34.2. The van der Waals surface area contributed by atoms with Crippen LogP contribution < -0.4 is 10.6 Å². The van der Waals surface area contributed by atoms with Gasteiger partial charge in [0.15, 0.2) is 0 Å². The van der Waals surface area contributed by atoms with Crippen molar-refractivity contribution in [1.29, 1.82) is 0 Å². The Morgan fingerprint density at radius 1 is 0.875 bits per heavy atom. The number of anilines is 1. The summed E-state index contributed by atoms with van der Waals surface area (Å²) >= 11 is 0. The lowest BCUT2D eigenvalue weighted by atomic mass is 9.96.